The molecule has 7 nitrogen and oxygen atoms in total. The highest BCUT2D eigenvalue weighted by atomic mass is 16.5. The highest BCUT2D eigenvalue weighted by molar-refractivity contribution is 6.10. The maximum Gasteiger partial charge on any atom is 0.240 e. The van der Waals surface area contributed by atoms with Crippen LogP contribution in [0, 0.1) is 0 Å². The van der Waals surface area contributed by atoms with E-state index in [0.717, 1.165) is 16.0 Å². The molecule has 1 aliphatic heterocycles. The molecule has 1 aromatic heterocycles. The molecule has 158 valence electrons. The van der Waals surface area contributed by atoms with E-state index >= 15 is 0 Å². The molecule has 0 aliphatic carbocycles. The van der Waals surface area contributed by atoms with E-state index in [0.29, 0.717) is 11.3 Å². The van der Waals surface area contributed by atoms with Crippen LogP contribution in [0.2, 0.25) is 0 Å². The summed E-state index contributed by atoms with van der Waals surface area (Å²) in [4.78, 5) is 41.3. The number of likely N-dealkylation sites (N-methyl/N-ethyl adjacent to an activating group) is 1. The fraction of sp³-hybridized carbons (Fsp3) is 0.250. The van der Waals surface area contributed by atoms with E-state index in [2.05, 4.69) is 5.16 Å². The average Bonchev–Trinajstić information content (AvgIpc) is 3.37. The quantitative estimate of drug-likeness (QED) is 0.576. The topological polar surface area (TPSA) is 83.7 Å². The van der Waals surface area contributed by atoms with Crippen LogP contribution in [0.3, 0.4) is 0 Å². The lowest BCUT2D eigenvalue weighted by molar-refractivity contribution is -0.141. The molecule has 2 heterocycles. The molecule has 1 atom stereocenters. The van der Waals surface area contributed by atoms with Crippen molar-refractivity contribution < 1.29 is 18.9 Å². The summed E-state index contributed by atoms with van der Waals surface area (Å²) in [6.07, 6.45) is 1.31. The van der Waals surface area contributed by atoms with Gasteiger partial charge in [-0.3, -0.25) is 19.3 Å². The number of carbonyl (C=O) groups excluding carboxylic acids is 3. The zero-order valence-electron chi connectivity index (χ0n) is 17.4. The molecule has 0 spiro atoms. The third-order valence-corrected chi connectivity index (χ3v) is 5.85. The van der Waals surface area contributed by atoms with Crippen LogP contribution in [0.5, 0.6) is 0 Å². The lowest BCUT2D eigenvalue weighted by atomic mass is 9.75. The molecule has 0 N–H and O–H groups in total. The summed E-state index contributed by atoms with van der Waals surface area (Å²) < 4.78 is 4.82. The van der Waals surface area contributed by atoms with Crippen molar-refractivity contribution in [2.75, 3.05) is 14.1 Å². The van der Waals surface area contributed by atoms with E-state index in [-0.39, 0.29) is 37.1 Å². The highest BCUT2D eigenvalue weighted by Crippen LogP contribution is 2.40. The third kappa shape index (κ3) is 3.86. The van der Waals surface area contributed by atoms with Crippen LogP contribution in [0.1, 0.15) is 24.1 Å². The van der Waals surface area contributed by atoms with Crippen molar-refractivity contribution in [1.82, 2.24) is 15.0 Å². The maximum atomic E-state index is 13.2. The van der Waals surface area contributed by atoms with Gasteiger partial charge in [0.1, 0.15) is 12.0 Å². The van der Waals surface area contributed by atoms with Crippen molar-refractivity contribution in [3.8, 4) is 11.1 Å². The minimum atomic E-state index is -1.21. The first kappa shape index (κ1) is 20.5. The Hall–Kier alpha value is -3.74. The molecule has 0 unspecified atom stereocenters. The number of nitrogens with zero attached hydrogens (tertiary/aromatic N) is 3. The summed E-state index contributed by atoms with van der Waals surface area (Å²) in [5.74, 6) is -0.885. The molecule has 3 amide bonds. The number of hydrogen-bond acceptors (Lipinski definition) is 5. The van der Waals surface area contributed by atoms with E-state index in [1.54, 1.807) is 13.1 Å². The predicted octanol–water partition coefficient (Wildman–Crippen LogP) is 3.02. The van der Waals surface area contributed by atoms with E-state index in [1.165, 1.54) is 18.2 Å². The van der Waals surface area contributed by atoms with E-state index < -0.39 is 5.41 Å². The second-order valence-corrected chi connectivity index (χ2v) is 7.88. The van der Waals surface area contributed by atoms with Crippen LogP contribution in [0.25, 0.3) is 11.1 Å². The molecule has 1 aliphatic rings. The standard InChI is InChI=1S/C24H23N3O4/c1-26(16-20-12-13-31-25-20)21(28)14-24(15-22(29)27(2)23(24)30)19-10-8-18(9-11-19)17-6-4-3-5-7-17/h3-13H,14-16H2,1-2H3/t24-/m0/s1. The number of hydrogen-bond donors (Lipinski definition) is 0. The van der Waals surface area contributed by atoms with E-state index in [9.17, 15) is 14.4 Å². The van der Waals surface area contributed by atoms with Gasteiger partial charge in [0.15, 0.2) is 0 Å². The first-order chi connectivity index (χ1) is 14.9. The zero-order chi connectivity index (χ0) is 22.0. The molecule has 0 saturated carbocycles. The number of aromatic nitrogens is 1. The molecule has 0 radical (unpaired) electrons. The number of imide groups is 1. The van der Waals surface area contributed by atoms with E-state index in [1.807, 2.05) is 54.6 Å². The third-order valence-electron chi connectivity index (χ3n) is 5.85. The lowest BCUT2D eigenvalue weighted by Gasteiger charge is -2.28. The van der Waals surface area contributed by atoms with Crippen molar-refractivity contribution in [2.24, 2.45) is 0 Å². The van der Waals surface area contributed by atoms with Gasteiger partial charge in [0, 0.05) is 33.0 Å². The van der Waals surface area contributed by atoms with Crippen LogP contribution in [-0.4, -0.2) is 46.8 Å². The molecule has 3 aromatic rings. The summed E-state index contributed by atoms with van der Waals surface area (Å²) >= 11 is 0. The van der Waals surface area contributed by atoms with Gasteiger partial charge in [0.05, 0.1) is 12.0 Å². The maximum absolute atomic E-state index is 13.2. The van der Waals surface area contributed by atoms with Crippen LogP contribution < -0.4 is 0 Å². The predicted molar refractivity (Wildman–Crippen MR) is 114 cm³/mol. The first-order valence-electron chi connectivity index (χ1n) is 10.0. The summed E-state index contributed by atoms with van der Waals surface area (Å²) in [7, 11) is 3.11. The summed E-state index contributed by atoms with van der Waals surface area (Å²) in [5, 5.41) is 3.83. The second-order valence-electron chi connectivity index (χ2n) is 7.88. The largest absolute Gasteiger partial charge is 0.364 e. The molecule has 7 heteroatoms. The normalized spacial score (nSPS) is 18.5. The van der Waals surface area contributed by atoms with Crippen molar-refractivity contribution in [3.05, 3.63) is 78.2 Å². The SMILES string of the molecule is CN(Cc1ccon1)C(=O)C[C@@]1(c2ccc(-c3ccccc3)cc2)CC(=O)N(C)C1=O. The lowest BCUT2D eigenvalue weighted by Crippen LogP contribution is -2.41. The second kappa shape index (κ2) is 8.18. The van der Waals surface area contributed by atoms with Gasteiger partial charge in [0.2, 0.25) is 17.7 Å². The van der Waals surface area contributed by atoms with Gasteiger partial charge in [-0.05, 0) is 16.7 Å². The van der Waals surface area contributed by atoms with Crippen LogP contribution in [-0.2, 0) is 26.3 Å². The zero-order valence-corrected chi connectivity index (χ0v) is 17.4. The summed E-state index contributed by atoms with van der Waals surface area (Å²) in [6.45, 7) is 0.260. The molecule has 0 bridgehead atoms. The smallest absolute Gasteiger partial charge is 0.240 e. The number of amides is 3. The first-order valence-corrected chi connectivity index (χ1v) is 10.0. The number of likely N-dealkylation sites (tertiary alicyclic amines) is 1. The minimum Gasteiger partial charge on any atom is -0.364 e. The molecule has 1 fully saturated rings. The Morgan fingerprint density at radius 1 is 1.06 bits per heavy atom. The Kier molecular flexibility index (Phi) is 5.42. The average molecular weight is 417 g/mol. The van der Waals surface area contributed by atoms with Gasteiger partial charge in [0.25, 0.3) is 0 Å². The van der Waals surface area contributed by atoms with Gasteiger partial charge in [-0.25, -0.2) is 0 Å². The Bertz CT molecular complexity index is 1090. The molecular weight excluding hydrogens is 394 g/mol. The fourth-order valence-electron chi connectivity index (χ4n) is 4.01. The Balaban J connectivity index is 1.64. The Labute approximate surface area is 180 Å². The Morgan fingerprint density at radius 3 is 2.32 bits per heavy atom. The van der Waals surface area contributed by atoms with Gasteiger partial charge in [-0.15, -0.1) is 0 Å². The highest BCUT2D eigenvalue weighted by Gasteiger charge is 2.52. The van der Waals surface area contributed by atoms with Crippen LogP contribution in [0.15, 0.2) is 71.4 Å². The van der Waals surface area contributed by atoms with Crippen LogP contribution in [0.4, 0.5) is 0 Å². The number of carbonyl (C=O) groups is 3. The monoisotopic (exact) mass is 417 g/mol. The number of rotatable bonds is 6. The minimum absolute atomic E-state index is 0.0312. The van der Waals surface area contributed by atoms with Crippen LogP contribution >= 0.6 is 0 Å². The summed E-state index contributed by atoms with van der Waals surface area (Å²) in [6, 6.07) is 19.1. The van der Waals surface area contributed by atoms with Gasteiger partial charge in [-0.1, -0.05) is 59.8 Å². The summed E-state index contributed by atoms with van der Waals surface area (Å²) in [5.41, 5.74) is 2.12. The van der Waals surface area contributed by atoms with Crippen molar-refractivity contribution in [1.29, 1.82) is 0 Å². The van der Waals surface area contributed by atoms with Crippen molar-refractivity contribution in [3.63, 3.8) is 0 Å². The van der Waals surface area contributed by atoms with Crippen molar-refractivity contribution in [2.45, 2.75) is 24.8 Å². The van der Waals surface area contributed by atoms with Gasteiger partial charge in [-0.2, -0.15) is 0 Å². The molecule has 31 heavy (non-hydrogen) atoms. The van der Waals surface area contributed by atoms with Crippen molar-refractivity contribution >= 4 is 17.7 Å². The van der Waals surface area contributed by atoms with E-state index in [4.69, 9.17) is 4.52 Å². The van der Waals surface area contributed by atoms with Gasteiger partial charge >= 0.3 is 0 Å². The fourth-order valence-corrected chi connectivity index (χ4v) is 4.01. The van der Waals surface area contributed by atoms with Gasteiger partial charge < -0.3 is 9.42 Å². The Morgan fingerprint density at radius 2 is 1.74 bits per heavy atom. The molecular formula is C24H23N3O4. The molecule has 1 saturated heterocycles. The number of benzene rings is 2. The molecule has 4 rings (SSSR count). The molecule has 2 aromatic carbocycles.